The lowest BCUT2D eigenvalue weighted by Gasteiger charge is -2.20. The van der Waals surface area contributed by atoms with Gasteiger partial charge in [0.15, 0.2) is 17.5 Å². The molecule has 0 aliphatic heterocycles. The van der Waals surface area contributed by atoms with E-state index in [0.717, 1.165) is 6.07 Å². The second-order valence-electron chi connectivity index (χ2n) is 4.10. The van der Waals surface area contributed by atoms with Crippen LogP contribution in [0.3, 0.4) is 0 Å². The average molecular weight is 282 g/mol. The predicted molar refractivity (Wildman–Crippen MR) is 68.0 cm³/mol. The van der Waals surface area contributed by atoms with Gasteiger partial charge in [-0.25, -0.2) is 13.2 Å². The molecule has 1 unspecified atom stereocenters. The van der Waals surface area contributed by atoms with Gasteiger partial charge in [0.05, 0.1) is 19.3 Å². The number of nitrogens with zero attached hydrogens (tertiary/aromatic N) is 1. The van der Waals surface area contributed by atoms with Gasteiger partial charge in [-0.15, -0.1) is 0 Å². The summed E-state index contributed by atoms with van der Waals surface area (Å²) in [5, 5.41) is 2.86. The summed E-state index contributed by atoms with van der Waals surface area (Å²) in [5.41, 5.74) is 0.575. The number of methoxy groups -OCH3 is 1. The van der Waals surface area contributed by atoms with Crippen LogP contribution in [0.1, 0.15) is 17.2 Å². The SMILES string of the molecule is CNC(c1ccncc1OC)c1ccc(F)c(F)c1F. The number of ether oxygens (including phenoxy) is 1. The molecule has 2 aromatic rings. The van der Waals surface area contributed by atoms with Crippen LogP contribution in [0.2, 0.25) is 0 Å². The molecule has 0 bridgehead atoms. The smallest absolute Gasteiger partial charge is 0.194 e. The highest BCUT2D eigenvalue weighted by atomic mass is 19.2. The molecule has 6 heteroatoms. The van der Waals surface area contributed by atoms with E-state index >= 15 is 0 Å². The summed E-state index contributed by atoms with van der Waals surface area (Å²) in [6.07, 6.45) is 2.98. The van der Waals surface area contributed by atoms with Crippen molar-refractivity contribution in [3.8, 4) is 5.75 Å². The predicted octanol–water partition coefficient (Wildman–Crippen LogP) is 2.82. The summed E-state index contributed by atoms with van der Waals surface area (Å²) in [7, 11) is 3.04. The molecule has 0 saturated carbocycles. The third kappa shape index (κ3) is 2.46. The Kier molecular flexibility index (Phi) is 4.24. The molecule has 1 aromatic heterocycles. The van der Waals surface area contributed by atoms with Gasteiger partial charge in [-0.1, -0.05) is 6.07 Å². The summed E-state index contributed by atoms with van der Waals surface area (Å²) in [4.78, 5) is 3.90. The lowest BCUT2D eigenvalue weighted by molar-refractivity contribution is 0.400. The Morgan fingerprint density at radius 2 is 1.85 bits per heavy atom. The summed E-state index contributed by atoms with van der Waals surface area (Å²) >= 11 is 0. The van der Waals surface area contributed by atoms with Gasteiger partial charge in [0.2, 0.25) is 0 Å². The first-order chi connectivity index (χ1) is 9.60. The lowest BCUT2D eigenvalue weighted by Crippen LogP contribution is -2.20. The zero-order valence-electron chi connectivity index (χ0n) is 11.0. The zero-order chi connectivity index (χ0) is 14.7. The van der Waals surface area contributed by atoms with E-state index in [-0.39, 0.29) is 5.56 Å². The molecule has 0 spiro atoms. The van der Waals surface area contributed by atoms with Crippen LogP contribution < -0.4 is 10.1 Å². The minimum Gasteiger partial charge on any atom is -0.495 e. The Bertz CT molecular complexity index is 619. The topological polar surface area (TPSA) is 34.2 Å². The van der Waals surface area contributed by atoms with Crippen molar-refractivity contribution >= 4 is 0 Å². The Labute approximate surface area is 114 Å². The maximum Gasteiger partial charge on any atom is 0.194 e. The number of rotatable bonds is 4. The highest BCUT2D eigenvalue weighted by Gasteiger charge is 2.23. The molecule has 106 valence electrons. The summed E-state index contributed by atoms with van der Waals surface area (Å²) in [6.45, 7) is 0. The Morgan fingerprint density at radius 1 is 1.10 bits per heavy atom. The maximum atomic E-state index is 13.9. The van der Waals surface area contributed by atoms with E-state index in [0.29, 0.717) is 11.3 Å². The van der Waals surface area contributed by atoms with Crippen molar-refractivity contribution in [1.29, 1.82) is 0 Å². The van der Waals surface area contributed by atoms with E-state index in [2.05, 4.69) is 10.3 Å². The van der Waals surface area contributed by atoms with Crippen molar-refractivity contribution < 1.29 is 17.9 Å². The zero-order valence-corrected chi connectivity index (χ0v) is 11.0. The molecule has 0 fully saturated rings. The van der Waals surface area contributed by atoms with Crippen LogP contribution in [-0.4, -0.2) is 19.1 Å². The molecule has 0 amide bonds. The first-order valence-corrected chi connectivity index (χ1v) is 5.88. The standard InChI is InChI=1S/C14H13F3N2O/c1-18-14(8-5-6-19-7-11(8)20-2)9-3-4-10(15)13(17)12(9)16/h3-7,14,18H,1-2H3. The maximum absolute atomic E-state index is 13.9. The van der Waals surface area contributed by atoms with E-state index in [1.807, 2.05) is 0 Å². The fraction of sp³-hybridized carbons (Fsp3) is 0.214. The van der Waals surface area contributed by atoms with Gasteiger partial charge >= 0.3 is 0 Å². The van der Waals surface area contributed by atoms with Gasteiger partial charge in [-0.05, 0) is 19.2 Å². The fourth-order valence-electron chi connectivity index (χ4n) is 2.04. The van der Waals surface area contributed by atoms with Crippen LogP contribution in [-0.2, 0) is 0 Å². The molecule has 20 heavy (non-hydrogen) atoms. The second-order valence-corrected chi connectivity index (χ2v) is 4.10. The van der Waals surface area contributed by atoms with Gasteiger partial charge in [0, 0.05) is 17.3 Å². The first-order valence-electron chi connectivity index (χ1n) is 5.88. The Hall–Kier alpha value is -2.08. The van der Waals surface area contributed by atoms with Gasteiger partial charge < -0.3 is 10.1 Å². The third-order valence-corrected chi connectivity index (χ3v) is 3.01. The lowest BCUT2D eigenvalue weighted by atomic mass is 9.98. The van der Waals surface area contributed by atoms with Crippen LogP contribution in [0, 0.1) is 17.5 Å². The molecule has 0 aliphatic carbocycles. The molecule has 1 atom stereocenters. The van der Waals surface area contributed by atoms with Crippen LogP contribution in [0.25, 0.3) is 0 Å². The summed E-state index contributed by atoms with van der Waals surface area (Å²) in [5.74, 6) is -3.50. The molecule has 2 rings (SSSR count). The summed E-state index contributed by atoms with van der Waals surface area (Å²) < 4.78 is 45.4. The average Bonchev–Trinajstić information content (AvgIpc) is 2.48. The van der Waals surface area contributed by atoms with Crippen LogP contribution >= 0.6 is 0 Å². The molecule has 1 heterocycles. The van der Waals surface area contributed by atoms with Gasteiger partial charge in [0.1, 0.15) is 5.75 Å². The Balaban J connectivity index is 2.56. The van der Waals surface area contributed by atoms with E-state index in [9.17, 15) is 13.2 Å². The third-order valence-electron chi connectivity index (χ3n) is 3.01. The second kappa shape index (κ2) is 5.92. The first kappa shape index (κ1) is 14.3. The number of halogens is 3. The normalized spacial score (nSPS) is 12.2. The highest BCUT2D eigenvalue weighted by Crippen LogP contribution is 2.31. The van der Waals surface area contributed by atoms with Crippen LogP contribution in [0.5, 0.6) is 5.75 Å². The number of hydrogen-bond acceptors (Lipinski definition) is 3. The number of hydrogen-bond donors (Lipinski definition) is 1. The van der Waals surface area contributed by atoms with Crippen LogP contribution in [0.4, 0.5) is 13.2 Å². The number of nitrogens with one attached hydrogen (secondary N) is 1. The van der Waals surface area contributed by atoms with Crippen molar-refractivity contribution in [3.63, 3.8) is 0 Å². The minimum absolute atomic E-state index is 0.00380. The van der Waals surface area contributed by atoms with E-state index in [1.165, 1.54) is 25.6 Å². The number of benzene rings is 1. The molecular weight excluding hydrogens is 269 g/mol. The molecular formula is C14H13F3N2O. The monoisotopic (exact) mass is 282 g/mol. The van der Waals surface area contributed by atoms with Crippen molar-refractivity contribution in [3.05, 3.63) is 59.2 Å². The van der Waals surface area contributed by atoms with E-state index < -0.39 is 23.5 Å². The summed E-state index contributed by atoms with van der Waals surface area (Å²) in [6, 6.07) is 3.05. The quantitative estimate of drug-likeness (QED) is 0.876. The molecule has 1 N–H and O–H groups in total. The highest BCUT2D eigenvalue weighted by molar-refractivity contribution is 5.40. The molecule has 0 aliphatic rings. The van der Waals surface area contributed by atoms with Crippen LogP contribution in [0.15, 0.2) is 30.6 Å². The number of pyridine rings is 1. The van der Waals surface area contributed by atoms with E-state index in [1.54, 1.807) is 13.1 Å². The molecule has 0 radical (unpaired) electrons. The number of aromatic nitrogens is 1. The van der Waals surface area contributed by atoms with Gasteiger partial charge in [0.25, 0.3) is 0 Å². The Morgan fingerprint density at radius 3 is 2.50 bits per heavy atom. The van der Waals surface area contributed by atoms with Crippen molar-refractivity contribution in [2.24, 2.45) is 0 Å². The molecule has 0 saturated heterocycles. The van der Waals surface area contributed by atoms with E-state index in [4.69, 9.17) is 4.74 Å². The largest absolute Gasteiger partial charge is 0.495 e. The molecule has 3 nitrogen and oxygen atoms in total. The van der Waals surface area contributed by atoms with Crippen molar-refractivity contribution in [2.75, 3.05) is 14.2 Å². The van der Waals surface area contributed by atoms with Gasteiger partial charge in [-0.3, -0.25) is 4.98 Å². The van der Waals surface area contributed by atoms with Gasteiger partial charge in [-0.2, -0.15) is 0 Å². The minimum atomic E-state index is -1.49. The molecule has 1 aromatic carbocycles. The van der Waals surface area contributed by atoms with Crippen molar-refractivity contribution in [1.82, 2.24) is 10.3 Å². The fourth-order valence-corrected chi connectivity index (χ4v) is 2.04. The van der Waals surface area contributed by atoms with Crippen molar-refractivity contribution in [2.45, 2.75) is 6.04 Å².